The average molecular weight is 212 g/mol. The van der Waals surface area contributed by atoms with E-state index in [4.69, 9.17) is 20.4 Å². The molecule has 0 N–H and O–H groups in total. The normalized spacial score (nSPS) is 10.5. The van der Waals surface area contributed by atoms with Crippen LogP contribution in [0.3, 0.4) is 0 Å². The van der Waals surface area contributed by atoms with Crippen molar-refractivity contribution in [2.45, 2.75) is 47.5 Å². The van der Waals surface area contributed by atoms with Gasteiger partial charge in [-0.2, -0.15) is 0 Å². The zero-order valence-electron chi connectivity index (χ0n) is 10.2. The standard InChI is InChI=1S/C9H20.2CNO/c1-6-8(2)7-9(3,4)5;2*2-1-3/h8H,6-7H2,1-5H3;;/q;2*-1. The van der Waals surface area contributed by atoms with E-state index >= 15 is 0 Å². The molecule has 1 atom stereocenters. The van der Waals surface area contributed by atoms with Gasteiger partial charge in [0.25, 0.3) is 0 Å². The predicted molar refractivity (Wildman–Crippen MR) is 61.6 cm³/mol. The lowest BCUT2D eigenvalue weighted by Gasteiger charge is -2.21. The Morgan fingerprint density at radius 3 is 1.47 bits per heavy atom. The van der Waals surface area contributed by atoms with Crippen LogP contribution in [0.2, 0.25) is 0 Å². The van der Waals surface area contributed by atoms with Crippen molar-refractivity contribution in [3.05, 3.63) is 10.8 Å². The van der Waals surface area contributed by atoms with Gasteiger partial charge in [-0.05, 0) is 29.9 Å². The molecule has 1 unspecified atom stereocenters. The van der Waals surface area contributed by atoms with Crippen LogP contribution in [0.4, 0.5) is 0 Å². The number of hydrogen-bond acceptors (Lipinski definition) is 2. The summed E-state index contributed by atoms with van der Waals surface area (Å²) < 4.78 is 0. The minimum absolute atomic E-state index is 0.500. The highest BCUT2D eigenvalue weighted by molar-refractivity contribution is 5.37. The van der Waals surface area contributed by atoms with Gasteiger partial charge in [0.2, 0.25) is 0 Å². The molecule has 0 aliphatic heterocycles. The Bertz CT molecular complexity index is 183. The third-order valence-corrected chi connectivity index (χ3v) is 1.66. The minimum atomic E-state index is 0.500. The summed E-state index contributed by atoms with van der Waals surface area (Å²) in [6.07, 6.45) is 3.67. The summed E-state index contributed by atoms with van der Waals surface area (Å²) in [5.74, 6) is 0.894. The molecule has 0 saturated heterocycles. The smallest absolute Gasteiger partial charge is 0.0159 e. The summed E-state index contributed by atoms with van der Waals surface area (Å²) in [6, 6.07) is 0. The molecule has 88 valence electrons. The van der Waals surface area contributed by atoms with Crippen molar-refractivity contribution < 1.29 is 9.59 Å². The van der Waals surface area contributed by atoms with Gasteiger partial charge in [0.05, 0.1) is 0 Å². The summed E-state index contributed by atoms with van der Waals surface area (Å²) in [7, 11) is 0. The van der Waals surface area contributed by atoms with Crippen molar-refractivity contribution >= 4 is 12.2 Å². The molecule has 0 bridgehead atoms. The Kier molecular flexibility index (Phi) is 16.5. The molecular weight excluding hydrogens is 192 g/mol. The number of carbonyl (C=O) groups excluding carboxylic acids is 2. The second kappa shape index (κ2) is 12.8. The van der Waals surface area contributed by atoms with Crippen LogP contribution in [0.1, 0.15) is 47.5 Å². The highest BCUT2D eigenvalue weighted by atomic mass is 16.1. The lowest BCUT2D eigenvalue weighted by Crippen LogP contribution is -2.09. The van der Waals surface area contributed by atoms with E-state index in [9.17, 15) is 0 Å². The molecule has 0 aromatic carbocycles. The van der Waals surface area contributed by atoms with Gasteiger partial charge in [0.1, 0.15) is 0 Å². The number of nitrogens with zero attached hydrogens (tertiary/aromatic N) is 2. The van der Waals surface area contributed by atoms with E-state index in [-0.39, 0.29) is 0 Å². The van der Waals surface area contributed by atoms with E-state index in [0.29, 0.717) is 17.6 Å². The van der Waals surface area contributed by atoms with E-state index in [1.807, 2.05) is 0 Å². The fourth-order valence-electron chi connectivity index (χ4n) is 1.19. The van der Waals surface area contributed by atoms with Gasteiger partial charge in [-0.1, -0.05) is 41.0 Å². The first kappa shape index (κ1) is 19.4. The molecule has 0 aliphatic rings. The van der Waals surface area contributed by atoms with Crippen LogP contribution < -0.4 is 0 Å². The quantitative estimate of drug-likeness (QED) is 0.520. The fourth-order valence-corrected chi connectivity index (χ4v) is 1.19. The van der Waals surface area contributed by atoms with Gasteiger partial charge in [-0.15, -0.1) is 0 Å². The zero-order valence-corrected chi connectivity index (χ0v) is 10.2. The molecule has 0 fully saturated rings. The maximum atomic E-state index is 8.24. The van der Waals surface area contributed by atoms with Crippen molar-refractivity contribution in [1.82, 2.24) is 0 Å². The molecular formula is C11H20N2O2-2. The molecule has 0 aromatic heterocycles. The van der Waals surface area contributed by atoms with Gasteiger partial charge < -0.3 is 10.8 Å². The lowest BCUT2D eigenvalue weighted by molar-refractivity contribution is 0.302. The minimum Gasteiger partial charge on any atom is -0.724 e. The molecule has 0 heterocycles. The maximum absolute atomic E-state index is 8.24. The Morgan fingerprint density at radius 1 is 1.13 bits per heavy atom. The van der Waals surface area contributed by atoms with E-state index in [0.717, 1.165) is 5.92 Å². The molecule has 4 heteroatoms. The van der Waals surface area contributed by atoms with Crippen molar-refractivity contribution in [2.24, 2.45) is 11.3 Å². The Hall–Kier alpha value is -1.24. The first-order valence-corrected chi connectivity index (χ1v) is 4.81. The monoisotopic (exact) mass is 212 g/mol. The molecule has 0 radical (unpaired) electrons. The molecule has 0 amide bonds. The van der Waals surface area contributed by atoms with Crippen molar-refractivity contribution in [3.63, 3.8) is 0 Å². The highest BCUT2D eigenvalue weighted by Gasteiger charge is 2.13. The highest BCUT2D eigenvalue weighted by Crippen LogP contribution is 2.25. The van der Waals surface area contributed by atoms with Crippen LogP contribution in [0.5, 0.6) is 0 Å². The molecule has 0 spiro atoms. The van der Waals surface area contributed by atoms with Crippen LogP contribution in [0.15, 0.2) is 0 Å². The van der Waals surface area contributed by atoms with Gasteiger partial charge >= 0.3 is 0 Å². The summed E-state index contributed by atoms with van der Waals surface area (Å²) in [5.41, 5.74) is 0.523. The molecule has 4 nitrogen and oxygen atoms in total. The summed E-state index contributed by atoms with van der Waals surface area (Å²) in [4.78, 5) is 16.5. The zero-order chi connectivity index (χ0) is 12.9. The molecule has 0 saturated carbocycles. The summed E-state index contributed by atoms with van der Waals surface area (Å²) in [5, 5.41) is 13.5. The van der Waals surface area contributed by atoms with E-state index in [2.05, 4.69) is 34.6 Å². The average Bonchev–Trinajstić information content (AvgIpc) is 2.04. The van der Waals surface area contributed by atoms with Gasteiger partial charge in [-0.3, -0.25) is 9.59 Å². The van der Waals surface area contributed by atoms with Gasteiger partial charge in [0, 0.05) is 0 Å². The second-order valence-corrected chi connectivity index (χ2v) is 4.46. The third kappa shape index (κ3) is 44.5. The van der Waals surface area contributed by atoms with Gasteiger partial charge in [-0.25, -0.2) is 0 Å². The van der Waals surface area contributed by atoms with Crippen LogP contribution >= 0.6 is 0 Å². The van der Waals surface area contributed by atoms with Crippen LogP contribution in [-0.2, 0) is 9.59 Å². The topological polar surface area (TPSA) is 78.7 Å². The van der Waals surface area contributed by atoms with E-state index in [1.54, 1.807) is 0 Å². The van der Waals surface area contributed by atoms with Crippen molar-refractivity contribution in [3.8, 4) is 0 Å². The number of hydrogen-bond donors (Lipinski definition) is 0. The van der Waals surface area contributed by atoms with E-state index in [1.165, 1.54) is 12.8 Å². The molecule has 15 heavy (non-hydrogen) atoms. The Morgan fingerprint density at radius 2 is 1.40 bits per heavy atom. The second-order valence-electron chi connectivity index (χ2n) is 4.46. The SMILES string of the molecule is CCC(C)CC(C)(C)C.[N-]=C=O.[N-]=C=O. The first-order chi connectivity index (χ1) is 6.78. The third-order valence-electron chi connectivity index (χ3n) is 1.66. The van der Waals surface area contributed by atoms with Crippen LogP contribution in [0, 0.1) is 11.3 Å². The fraction of sp³-hybridized carbons (Fsp3) is 0.818. The number of isocyanates is 2. The van der Waals surface area contributed by atoms with Crippen LogP contribution in [0.25, 0.3) is 10.8 Å². The van der Waals surface area contributed by atoms with E-state index < -0.39 is 0 Å². The molecule has 0 rings (SSSR count). The van der Waals surface area contributed by atoms with Gasteiger partial charge in [0.15, 0.2) is 0 Å². The largest absolute Gasteiger partial charge is 0.724 e. The van der Waals surface area contributed by atoms with Crippen molar-refractivity contribution in [2.75, 3.05) is 0 Å². The maximum Gasteiger partial charge on any atom is -0.0159 e. The first-order valence-electron chi connectivity index (χ1n) is 4.81. The predicted octanol–water partition coefficient (Wildman–Crippen LogP) is 3.25. The molecule has 0 aromatic rings. The Labute approximate surface area is 92.1 Å². The van der Waals surface area contributed by atoms with Crippen LogP contribution in [-0.4, -0.2) is 12.2 Å². The summed E-state index contributed by atoms with van der Waals surface area (Å²) >= 11 is 0. The Balaban J connectivity index is -0.000000200. The molecule has 0 aliphatic carbocycles. The lowest BCUT2D eigenvalue weighted by atomic mass is 9.84. The van der Waals surface area contributed by atoms with Crippen molar-refractivity contribution in [1.29, 1.82) is 0 Å². The summed E-state index contributed by atoms with van der Waals surface area (Å²) in [6.45, 7) is 11.5. The number of rotatable bonds is 2.